The van der Waals surface area contributed by atoms with E-state index in [0.717, 1.165) is 33.9 Å². The van der Waals surface area contributed by atoms with Gasteiger partial charge in [0.15, 0.2) is 0 Å². The molecule has 1 heterocycles. The van der Waals surface area contributed by atoms with E-state index in [0.29, 0.717) is 19.6 Å². The largest absolute Gasteiger partial charge is 0.497 e. The van der Waals surface area contributed by atoms with Crippen molar-refractivity contribution in [2.24, 2.45) is 7.05 Å². The average molecular weight is 415 g/mol. The van der Waals surface area contributed by atoms with Crippen LogP contribution in [0.2, 0.25) is 0 Å². The van der Waals surface area contributed by atoms with Gasteiger partial charge in [-0.2, -0.15) is 0 Å². The monoisotopic (exact) mass is 414 g/mol. The fourth-order valence-corrected chi connectivity index (χ4v) is 3.68. The molecule has 0 radical (unpaired) electrons. The molecule has 0 spiro atoms. The molecule has 0 aliphatic carbocycles. The number of benzene rings is 2. The molecule has 0 saturated heterocycles. The maximum Gasteiger partial charge on any atom is 0.319 e. The Hall–Kier alpha value is -2.67. The highest BCUT2D eigenvalue weighted by Gasteiger charge is 2.19. The van der Waals surface area contributed by atoms with Crippen LogP contribution in [0.15, 0.2) is 42.5 Å². The van der Waals surface area contributed by atoms with Crippen molar-refractivity contribution >= 4 is 28.8 Å². The predicted octanol–water partition coefficient (Wildman–Crippen LogP) is 4.00. The lowest BCUT2D eigenvalue weighted by Gasteiger charge is -2.13. The van der Waals surface area contributed by atoms with Crippen LogP contribution in [-0.4, -0.2) is 40.7 Å². The average Bonchev–Trinajstić information content (AvgIpc) is 3.06. The minimum atomic E-state index is -0.196. The molecule has 1 unspecified atom stereocenters. The Morgan fingerprint density at radius 1 is 1.17 bits per heavy atom. The highest BCUT2D eigenvalue weighted by Crippen LogP contribution is 2.23. The van der Waals surface area contributed by atoms with Gasteiger partial charge in [0.25, 0.3) is 0 Å². The molecular formula is C22H26N2O4S. The smallest absolute Gasteiger partial charge is 0.319 e. The maximum absolute atomic E-state index is 12.0. The summed E-state index contributed by atoms with van der Waals surface area (Å²) in [6, 6.07) is 13.6. The molecule has 0 aliphatic rings. The minimum absolute atomic E-state index is 0.168. The Morgan fingerprint density at radius 3 is 2.55 bits per heavy atom. The maximum atomic E-state index is 12.0. The van der Waals surface area contributed by atoms with Crippen molar-refractivity contribution in [2.75, 3.05) is 20.0 Å². The van der Waals surface area contributed by atoms with Gasteiger partial charge >= 0.3 is 5.97 Å². The van der Waals surface area contributed by atoms with Gasteiger partial charge in [0.1, 0.15) is 29.2 Å². The number of esters is 1. The van der Waals surface area contributed by atoms with Gasteiger partial charge in [0.2, 0.25) is 0 Å². The molecule has 29 heavy (non-hydrogen) atoms. The Bertz CT molecular complexity index is 969. The number of hydrogen-bond donors (Lipinski definition) is 0. The molecule has 0 N–H and O–H groups in total. The van der Waals surface area contributed by atoms with Gasteiger partial charge in [-0.3, -0.25) is 4.79 Å². The standard InChI is InChI=1S/C22H26N2O4S/c1-5-27-22(25)20(29-4)12-15-6-8-16(9-7-15)28-14-21-23-18-11-10-17(26-3)13-19(18)24(21)2/h6-11,13,20H,5,12,14H2,1-4H3. The molecule has 0 fully saturated rings. The molecule has 6 nitrogen and oxygen atoms in total. The second kappa shape index (κ2) is 9.69. The van der Waals surface area contributed by atoms with Crippen molar-refractivity contribution in [1.82, 2.24) is 9.55 Å². The van der Waals surface area contributed by atoms with Gasteiger partial charge in [-0.1, -0.05) is 12.1 Å². The molecule has 0 saturated carbocycles. The highest BCUT2D eigenvalue weighted by molar-refractivity contribution is 7.99. The van der Waals surface area contributed by atoms with E-state index in [1.165, 1.54) is 11.8 Å². The minimum Gasteiger partial charge on any atom is -0.497 e. The summed E-state index contributed by atoms with van der Waals surface area (Å²) in [6.07, 6.45) is 2.55. The lowest BCUT2D eigenvalue weighted by molar-refractivity contribution is -0.142. The molecule has 1 atom stereocenters. The third-order valence-electron chi connectivity index (χ3n) is 4.73. The van der Waals surface area contributed by atoms with E-state index in [1.807, 2.05) is 67.3 Å². The number of methoxy groups -OCH3 is 1. The molecule has 0 amide bonds. The summed E-state index contributed by atoms with van der Waals surface area (Å²) in [5.74, 6) is 2.23. The Balaban J connectivity index is 1.64. The second-order valence-corrected chi connectivity index (χ2v) is 7.60. The summed E-state index contributed by atoms with van der Waals surface area (Å²) in [7, 11) is 3.62. The molecule has 1 aromatic heterocycles. The summed E-state index contributed by atoms with van der Waals surface area (Å²) < 4.78 is 18.3. The van der Waals surface area contributed by atoms with E-state index < -0.39 is 0 Å². The van der Waals surface area contributed by atoms with Gasteiger partial charge in [-0.05, 0) is 49.4 Å². The summed E-state index contributed by atoms with van der Waals surface area (Å²) in [5, 5.41) is -0.196. The number of ether oxygens (including phenoxy) is 3. The van der Waals surface area contributed by atoms with Crippen LogP contribution in [0.1, 0.15) is 18.3 Å². The van der Waals surface area contributed by atoms with Crippen molar-refractivity contribution in [1.29, 1.82) is 0 Å². The van der Waals surface area contributed by atoms with Crippen molar-refractivity contribution in [2.45, 2.75) is 25.2 Å². The number of nitrogens with zero attached hydrogens (tertiary/aromatic N) is 2. The summed E-state index contributed by atoms with van der Waals surface area (Å²) >= 11 is 1.50. The van der Waals surface area contributed by atoms with Gasteiger partial charge in [-0.15, -0.1) is 11.8 Å². The van der Waals surface area contributed by atoms with E-state index >= 15 is 0 Å². The first-order valence-corrected chi connectivity index (χ1v) is 10.7. The van der Waals surface area contributed by atoms with Crippen molar-refractivity contribution in [3.63, 3.8) is 0 Å². The number of rotatable bonds is 9. The first-order chi connectivity index (χ1) is 14.0. The van der Waals surface area contributed by atoms with E-state index in [9.17, 15) is 4.79 Å². The lowest BCUT2D eigenvalue weighted by Crippen LogP contribution is -2.22. The summed E-state index contributed by atoms with van der Waals surface area (Å²) in [4.78, 5) is 16.6. The third kappa shape index (κ3) is 5.03. The molecule has 0 bridgehead atoms. The van der Waals surface area contributed by atoms with Crippen LogP contribution < -0.4 is 9.47 Å². The first kappa shape index (κ1) is 21.0. The third-order valence-corrected chi connectivity index (χ3v) is 5.66. The van der Waals surface area contributed by atoms with E-state index in [1.54, 1.807) is 7.11 Å². The topological polar surface area (TPSA) is 62.6 Å². The normalized spacial score (nSPS) is 12.0. The number of carbonyl (C=O) groups excluding carboxylic acids is 1. The first-order valence-electron chi connectivity index (χ1n) is 9.46. The number of fused-ring (bicyclic) bond motifs is 1. The van der Waals surface area contributed by atoms with E-state index in [4.69, 9.17) is 14.2 Å². The predicted molar refractivity (Wildman–Crippen MR) is 116 cm³/mol. The molecule has 3 rings (SSSR count). The highest BCUT2D eigenvalue weighted by atomic mass is 32.2. The summed E-state index contributed by atoms with van der Waals surface area (Å²) in [6.45, 7) is 2.59. The lowest BCUT2D eigenvalue weighted by atomic mass is 10.1. The number of thioether (sulfide) groups is 1. The molecule has 3 aromatic rings. The van der Waals surface area contributed by atoms with Crippen LogP contribution in [0.25, 0.3) is 11.0 Å². The van der Waals surface area contributed by atoms with Crippen LogP contribution in [0.3, 0.4) is 0 Å². The van der Waals surface area contributed by atoms with Crippen molar-refractivity contribution in [3.8, 4) is 11.5 Å². The van der Waals surface area contributed by atoms with Gasteiger partial charge in [0, 0.05) is 13.1 Å². The zero-order valence-electron chi connectivity index (χ0n) is 17.2. The van der Waals surface area contributed by atoms with Gasteiger partial charge in [0.05, 0.1) is 24.8 Å². The van der Waals surface area contributed by atoms with E-state index in [2.05, 4.69) is 4.98 Å². The molecule has 2 aromatic carbocycles. The SMILES string of the molecule is CCOC(=O)C(Cc1ccc(OCc2nc3ccc(OC)cc3n2C)cc1)SC. The number of carbonyl (C=O) groups is 1. The second-order valence-electron chi connectivity index (χ2n) is 6.55. The number of aromatic nitrogens is 2. The number of hydrogen-bond acceptors (Lipinski definition) is 6. The van der Waals surface area contributed by atoms with Crippen LogP contribution in [0.4, 0.5) is 0 Å². The Labute approximate surface area is 175 Å². The zero-order chi connectivity index (χ0) is 20.8. The molecule has 7 heteroatoms. The van der Waals surface area contributed by atoms with Gasteiger partial charge in [-0.25, -0.2) is 4.98 Å². The number of aryl methyl sites for hydroxylation is 1. The fraction of sp³-hybridized carbons (Fsp3) is 0.364. The quantitative estimate of drug-likeness (QED) is 0.493. The molecular weight excluding hydrogens is 388 g/mol. The van der Waals surface area contributed by atoms with Crippen LogP contribution >= 0.6 is 11.8 Å². The van der Waals surface area contributed by atoms with Gasteiger partial charge < -0.3 is 18.8 Å². The van der Waals surface area contributed by atoms with Crippen LogP contribution in [-0.2, 0) is 29.6 Å². The molecule has 0 aliphatic heterocycles. The number of imidazole rings is 1. The zero-order valence-corrected chi connectivity index (χ0v) is 18.0. The summed E-state index contributed by atoms with van der Waals surface area (Å²) in [5.41, 5.74) is 2.98. The van der Waals surface area contributed by atoms with E-state index in [-0.39, 0.29) is 11.2 Å². The van der Waals surface area contributed by atoms with Crippen LogP contribution in [0, 0.1) is 0 Å². The van der Waals surface area contributed by atoms with Crippen LogP contribution in [0.5, 0.6) is 11.5 Å². The van der Waals surface area contributed by atoms with Crippen molar-refractivity contribution in [3.05, 3.63) is 53.9 Å². The van der Waals surface area contributed by atoms with Crippen molar-refractivity contribution < 1.29 is 19.0 Å². The fourth-order valence-electron chi connectivity index (χ4n) is 3.06. The molecule has 154 valence electrons. The Morgan fingerprint density at radius 2 is 1.90 bits per heavy atom. The Kier molecular flexibility index (Phi) is 7.04.